The van der Waals surface area contributed by atoms with Gasteiger partial charge in [-0.15, -0.1) is 23.2 Å². The Hall–Kier alpha value is -1.71. The van der Waals surface area contributed by atoms with Crippen LogP contribution in [0.3, 0.4) is 0 Å². The molecule has 120 valence electrons. The summed E-state index contributed by atoms with van der Waals surface area (Å²) in [4.78, 5) is 12.2. The van der Waals surface area contributed by atoms with Gasteiger partial charge in [0.1, 0.15) is 10.1 Å². The maximum Gasteiger partial charge on any atom is 0.251 e. The zero-order valence-corrected chi connectivity index (χ0v) is 14.0. The number of alkyl halides is 2. The highest BCUT2D eigenvalue weighted by atomic mass is 35.5. The lowest BCUT2D eigenvalue weighted by molar-refractivity contribution is 0.0950. The first-order valence-electron chi connectivity index (χ1n) is 7.47. The number of halogens is 2. The van der Waals surface area contributed by atoms with Gasteiger partial charge in [-0.25, -0.2) is 0 Å². The van der Waals surface area contributed by atoms with E-state index in [9.17, 15) is 4.79 Å². The van der Waals surface area contributed by atoms with Crippen molar-refractivity contribution >= 4 is 29.1 Å². The lowest BCUT2D eigenvalue weighted by Crippen LogP contribution is -2.22. The fourth-order valence-electron chi connectivity index (χ4n) is 2.25. The molecule has 0 unspecified atom stereocenters. The second-order valence-electron chi connectivity index (χ2n) is 5.67. The lowest BCUT2D eigenvalue weighted by atomic mass is 10.2. The number of amides is 1. The van der Waals surface area contributed by atoms with E-state index in [1.54, 1.807) is 18.2 Å². The van der Waals surface area contributed by atoms with E-state index in [0.717, 1.165) is 12.0 Å². The van der Waals surface area contributed by atoms with E-state index >= 15 is 0 Å². The standard InChI is InChI=1S/C18H17Cl2NO2/c19-18(20)10-15(18)12-23-16-8-4-7-14(9-16)17(22)21-11-13-5-2-1-3-6-13/h1-9,15H,10-12H2,(H,21,22)/t15-/m0/s1. The number of carbonyl (C=O) groups excluding carboxylic acids is 1. The molecule has 3 rings (SSSR count). The molecule has 1 amide bonds. The van der Waals surface area contributed by atoms with Crippen molar-refractivity contribution in [3.05, 3.63) is 65.7 Å². The molecule has 0 saturated heterocycles. The van der Waals surface area contributed by atoms with E-state index < -0.39 is 4.33 Å². The van der Waals surface area contributed by atoms with Crippen molar-refractivity contribution in [2.75, 3.05) is 6.61 Å². The summed E-state index contributed by atoms with van der Waals surface area (Å²) in [5.41, 5.74) is 1.62. The minimum Gasteiger partial charge on any atom is -0.493 e. The van der Waals surface area contributed by atoms with Crippen molar-refractivity contribution in [2.24, 2.45) is 5.92 Å². The van der Waals surface area contributed by atoms with Gasteiger partial charge < -0.3 is 10.1 Å². The van der Waals surface area contributed by atoms with E-state index in [2.05, 4.69) is 5.32 Å². The van der Waals surface area contributed by atoms with Crippen LogP contribution in [0, 0.1) is 5.92 Å². The summed E-state index contributed by atoms with van der Waals surface area (Å²) in [6.45, 7) is 0.954. The van der Waals surface area contributed by atoms with Crippen LogP contribution in [0.2, 0.25) is 0 Å². The lowest BCUT2D eigenvalue weighted by Gasteiger charge is -2.09. The number of ether oxygens (including phenoxy) is 1. The van der Waals surface area contributed by atoms with Crippen molar-refractivity contribution in [1.29, 1.82) is 0 Å². The minimum atomic E-state index is -0.648. The van der Waals surface area contributed by atoms with E-state index in [0.29, 0.717) is 24.5 Å². The van der Waals surface area contributed by atoms with E-state index in [1.165, 1.54) is 0 Å². The molecule has 3 nitrogen and oxygen atoms in total. The molecule has 1 saturated carbocycles. The van der Waals surface area contributed by atoms with Gasteiger partial charge in [0.05, 0.1) is 6.61 Å². The number of carbonyl (C=O) groups is 1. The molecule has 1 atom stereocenters. The topological polar surface area (TPSA) is 38.3 Å². The highest BCUT2D eigenvalue weighted by Crippen LogP contribution is 2.53. The van der Waals surface area contributed by atoms with Crippen LogP contribution in [-0.4, -0.2) is 16.8 Å². The SMILES string of the molecule is O=C(NCc1ccccc1)c1cccc(OC[C@@H]2CC2(Cl)Cl)c1. The van der Waals surface area contributed by atoms with Gasteiger partial charge in [0.15, 0.2) is 0 Å². The smallest absolute Gasteiger partial charge is 0.251 e. The molecule has 2 aromatic rings. The minimum absolute atomic E-state index is 0.130. The third kappa shape index (κ3) is 4.40. The predicted octanol–water partition coefficient (Wildman–Crippen LogP) is 4.19. The van der Waals surface area contributed by atoms with Crippen LogP contribution < -0.4 is 10.1 Å². The molecule has 1 aliphatic rings. The summed E-state index contributed by atoms with van der Waals surface area (Å²) in [5, 5.41) is 2.90. The Labute approximate surface area is 145 Å². The Morgan fingerprint density at radius 2 is 1.91 bits per heavy atom. The molecule has 1 fully saturated rings. The van der Waals surface area contributed by atoms with Crippen molar-refractivity contribution in [1.82, 2.24) is 5.32 Å². The Morgan fingerprint density at radius 1 is 1.17 bits per heavy atom. The Balaban J connectivity index is 1.55. The van der Waals surface area contributed by atoms with Crippen molar-refractivity contribution < 1.29 is 9.53 Å². The van der Waals surface area contributed by atoms with Gasteiger partial charge in [-0.2, -0.15) is 0 Å². The van der Waals surface area contributed by atoms with Crippen LogP contribution in [-0.2, 0) is 6.54 Å². The number of rotatable bonds is 6. The fourth-order valence-corrected chi connectivity index (χ4v) is 2.75. The molecule has 1 N–H and O–H groups in total. The summed E-state index contributed by atoms with van der Waals surface area (Å²) in [5.74, 6) is 0.671. The van der Waals surface area contributed by atoms with Crippen molar-refractivity contribution in [3.63, 3.8) is 0 Å². The van der Waals surface area contributed by atoms with E-state index in [1.807, 2.05) is 36.4 Å². The molecule has 2 aromatic carbocycles. The molecule has 0 aliphatic heterocycles. The van der Waals surface area contributed by atoms with Crippen LogP contribution in [0.4, 0.5) is 0 Å². The summed E-state index contributed by atoms with van der Waals surface area (Å²) in [7, 11) is 0. The Morgan fingerprint density at radius 3 is 2.61 bits per heavy atom. The van der Waals surface area contributed by atoms with Crippen LogP contribution in [0.25, 0.3) is 0 Å². The number of hydrogen-bond acceptors (Lipinski definition) is 2. The summed E-state index contributed by atoms with van der Waals surface area (Å²) in [6, 6.07) is 16.9. The fraction of sp³-hybridized carbons (Fsp3) is 0.278. The van der Waals surface area contributed by atoms with Crippen molar-refractivity contribution in [3.8, 4) is 5.75 Å². The van der Waals surface area contributed by atoms with Crippen LogP contribution in [0.15, 0.2) is 54.6 Å². The first kappa shape index (κ1) is 16.2. The zero-order valence-electron chi connectivity index (χ0n) is 12.5. The molecule has 1 aliphatic carbocycles. The molecule has 0 bridgehead atoms. The van der Waals surface area contributed by atoms with E-state index in [4.69, 9.17) is 27.9 Å². The zero-order chi connectivity index (χ0) is 16.3. The van der Waals surface area contributed by atoms with Gasteiger partial charge in [-0.1, -0.05) is 36.4 Å². The van der Waals surface area contributed by atoms with E-state index in [-0.39, 0.29) is 11.8 Å². The summed E-state index contributed by atoms with van der Waals surface area (Å²) in [6.07, 6.45) is 0.743. The highest BCUT2D eigenvalue weighted by Gasteiger charge is 2.52. The van der Waals surface area contributed by atoms with Gasteiger partial charge in [-0.05, 0) is 30.2 Å². The highest BCUT2D eigenvalue weighted by molar-refractivity contribution is 6.50. The van der Waals surface area contributed by atoms with Crippen LogP contribution >= 0.6 is 23.2 Å². The Kier molecular flexibility index (Phi) is 4.79. The first-order chi connectivity index (χ1) is 11.0. The molecule has 5 heteroatoms. The molecule has 0 aromatic heterocycles. The van der Waals surface area contributed by atoms with Crippen LogP contribution in [0.5, 0.6) is 5.75 Å². The quantitative estimate of drug-likeness (QED) is 0.794. The number of hydrogen-bond donors (Lipinski definition) is 1. The molecular weight excluding hydrogens is 333 g/mol. The molecule has 0 heterocycles. The van der Waals surface area contributed by atoms with Gasteiger partial charge in [0.25, 0.3) is 5.91 Å². The van der Waals surface area contributed by atoms with Gasteiger partial charge in [0, 0.05) is 18.0 Å². The predicted molar refractivity (Wildman–Crippen MR) is 92.1 cm³/mol. The normalized spacial score (nSPS) is 18.3. The maximum atomic E-state index is 12.2. The van der Waals surface area contributed by atoms with Gasteiger partial charge in [-0.3, -0.25) is 4.79 Å². The van der Waals surface area contributed by atoms with Crippen molar-refractivity contribution in [2.45, 2.75) is 17.3 Å². The second-order valence-corrected chi connectivity index (χ2v) is 7.21. The first-order valence-corrected chi connectivity index (χ1v) is 8.23. The molecule has 23 heavy (non-hydrogen) atoms. The monoisotopic (exact) mass is 349 g/mol. The molecule has 0 spiro atoms. The van der Waals surface area contributed by atoms with Gasteiger partial charge >= 0.3 is 0 Å². The average Bonchev–Trinajstić information content (AvgIpc) is 3.19. The summed E-state index contributed by atoms with van der Waals surface area (Å²) >= 11 is 12.0. The molecular formula is C18H17Cl2NO2. The Bertz CT molecular complexity index is 688. The third-order valence-electron chi connectivity index (χ3n) is 3.80. The maximum absolute atomic E-state index is 12.2. The van der Waals surface area contributed by atoms with Gasteiger partial charge in [0.2, 0.25) is 0 Å². The number of benzene rings is 2. The average molecular weight is 350 g/mol. The largest absolute Gasteiger partial charge is 0.493 e. The third-order valence-corrected chi connectivity index (χ3v) is 4.72. The number of nitrogens with one attached hydrogen (secondary N) is 1. The van der Waals surface area contributed by atoms with Crippen LogP contribution in [0.1, 0.15) is 22.3 Å². The second kappa shape index (κ2) is 6.81. The summed E-state index contributed by atoms with van der Waals surface area (Å²) < 4.78 is 5.02. The molecule has 0 radical (unpaired) electrons.